The van der Waals surface area contributed by atoms with Crippen molar-refractivity contribution in [3.63, 3.8) is 0 Å². The Morgan fingerprint density at radius 2 is 2.08 bits per heavy atom. The number of aryl methyl sites for hydroxylation is 1. The molecule has 1 aliphatic rings. The van der Waals surface area contributed by atoms with Crippen LogP contribution in [-0.2, 0) is 13.0 Å². The van der Waals surface area contributed by atoms with E-state index in [0.717, 1.165) is 24.2 Å². The third-order valence-electron chi connectivity index (χ3n) is 4.49. The van der Waals surface area contributed by atoms with Gasteiger partial charge in [-0.05, 0) is 36.0 Å². The van der Waals surface area contributed by atoms with Crippen molar-refractivity contribution in [1.82, 2.24) is 19.5 Å². The predicted octanol–water partition coefficient (Wildman–Crippen LogP) is 2.56. The van der Waals surface area contributed by atoms with Gasteiger partial charge in [-0.2, -0.15) is 0 Å². The molecule has 0 spiro atoms. The number of hydrogen-bond donors (Lipinski definition) is 0. The van der Waals surface area contributed by atoms with E-state index in [2.05, 4.69) is 40.6 Å². The van der Waals surface area contributed by atoms with Crippen LogP contribution < -0.4 is 5.56 Å². The highest BCUT2D eigenvalue weighted by Crippen LogP contribution is 2.29. The van der Waals surface area contributed by atoms with Crippen molar-refractivity contribution in [3.05, 3.63) is 64.1 Å². The average molecular weight is 330 g/mol. The first-order valence-corrected chi connectivity index (χ1v) is 8.34. The van der Waals surface area contributed by atoms with Crippen LogP contribution in [0.1, 0.15) is 37.4 Å². The molecule has 4 heterocycles. The van der Waals surface area contributed by atoms with Gasteiger partial charge in [0.2, 0.25) is 0 Å². The van der Waals surface area contributed by atoms with Gasteiger partial charge < -0.3 is 0 Å². The van der Waals surface area contributed by atoms with Crippen molar-refractivity contribution in [2.24, 2.45) is 5.41 Å². The van der Waals surface area contributed by atoms with E-state index >= 15 is 0 Å². The molecule has 0 bridgehead atoms. The van der Waals surface area contributed by atoms with Gasteiger partial charge in [0.25, 0.3) is 5.56 Å². The lowest BCUT2D eigenvalue weighted by Crippen LogP contribution is -2.36. The first-order valence-electron chi connectivity index (χ1n) is 8.34. The lowest BCUT2D eigenvalue weighted by Gasteiger charge is -2.31. The Labute approximate surface area is 145 Å². The van der Waals surface area contributed by atoms with Crippen LogP contribution in [0.15, 0.2) is 41.5 Å². The van der Waals surface area contributed by atoms with E-state index in [1.54, 1.807) is 17.0 Å². The molecule has 0 fully saturated rings. The zero-order chi connectivity index (χ0) is 17.4. The molecular formula is C20H18N4O. The highest BCUT2D eigenvalue weighted by atomic mass is 16.1. The minimum Gasteiger partial charge on any atom is -0.294 e. The van der Waals surface area contributed by atoms with Crippen LogP contribution in [0.2, 0.25) is 0 Å². The Hall–Kier alpha value is -3.00. The van der Waals surface area contributed by atoms with Crippen molar-refractivity contribution in [2.45, 2.75) is 33.2 Å². The van der Waals surface area contributed by atoms with E-state index in [-0.39, 0.29) is 11.0 Å². The zero-order valence-corrected chi connectivity index (χ0v) is 14.3. The van der Waals surface area contributed by atoms with Gasteiger partial charge in [0.05, 0.1) is 5.52 Å². The van der Waals surface area contributed by atoms with Crippen LogP contribution in [-0.4, -0.2) is 19.5 Å². The predicted molar refractivity (Wildman–Crippen MR) is 96.1 cm³/mol. The Balaban J connectivity index is 1.78. The zero-order valence-electron chi connectivity index (χ0n) is 14.3. The molecule has 0 saturated carbocycles. The summed E-state index contributed by atoms with van der Waals surface area (Å²) in [6, 6.07) is 7.43. The molecule has 5 heteroatoms. The molecule has 25 heavy (non-hydrogen) atoms. The Morgan fingerprint density at radius 3 is 2.88 bits per heavy atom. The monoisotopic (exact) mass is 330 g/mol. The number of aromatic nitrogens is 4. The van der Waals surface area contributed by atoms with E-state index in [0.29, 0.717) is 23.3 Å². The molecule has 0 atom stereocenters. The Morgan fingerprint density at radius 1 is 1.20 bits per heavy atom. The summed E-state index contributed by atoms with van der Waals surface area (Å²) >= 11 is 0. The summed E-state index contributed by atoms with van der Waals surface area (Å²) in [7, 11) is 0. The quantitative estimate of drug-likeness (QED) is 0.594. The molecule has 0 aromatic carbocycles. The number of hydrogen-bond acceptors (Lipinski definition) is 4. The third kappa shape index (κ3) is 3.03. The largest absolute Gasteiger partial charge is 0.294 e. The fourth-order valence-electron chi connectivity index (χ4n) is 3.10. The van der Waals surface area contributed by atoms with E-state index in [1.807, 2.05) is 24.3 Å². The molecule has 1 aliphatic heterocycles. The molecule has 0 N–H and O–H groups in total. The van der Waals surface area contributed by atoms with E-state index in [1.165, 1.54) is 0 Å². The molecule has 0 unspecified atom stereocenters. The first-order chi connectivity index (χ1) is 12.0. The maximum atomic E-state index is 12.8. The van der Waals surface area contributed by atoms with Gasteiger partial charge in [-0.1, -0.05) is 25.8 Å². The van der Waals surface area contributed by atoms with Gasteiger partial charge in [-0.25, -0.2) is 15.0 Å². The first kappa shape index (κ1) is 15.5. The average Bonchev–Trinajstić information content (AvgIpc) is 2.61. The topological polar surface area (TPSA) is 60.7 Å². The Kier molecular flexibility index (Phi) is 3.61. The molecule has 0 radical (unpaired) electrons. The summed E-state index contributed by atoms with van der Waals surface area (Å²) in [5.41, 5.74) is 2.50. The van der Waals surface area contributed by atoms with Crippen molar-refractivity contribution in [1.29, 1.82) is 0 Å². The summed E-state index contributed by atoms with van der Waals surface area (Å²) in [4.78, 5) is 25.9. The van der Waals surface area contributed by atoms with Gasteiger partial charge in [0.1, 0.15) is 11.5 Å². The molecule has 124 valence electrons. The summed E-state index contributed by atoms with van der Waals surface area (Å²) in [5.74, 6) is 6.88. The SMILES string of the molecule is CC1(C)CCc2nc3cc(C#Cc4ccccn4)cnc3c(=O)n2C1. The number of nitrogens with zero attached hydrogens (tertiary/aromatic N) is 4. The smallest absolute Gasteiger partial charge is 0.280 e. The second-order valence-corrected chi connectivity index (χ2v) is 7.14. The molecule has 0 amide bonds. The van der Waals surface area contributed by atoms with Gasteiger partial charge in [-0.15, -0.1) is 0 Å². The van der Waals surface area contributed by atoms with Crippen molar-refractivity contribution in [3.8, 4) is 11.8 Å². The van der Waals surface area contributed by atoms with Crippen molar-refractivity contribution in [2.75, 3.05) is 0 Å². The maximum absolute atomic E-state index is 12.8. The van der Waals surface area contributed by atoms with Crippen molar-refractivity contribution < 1.29 is 0 Å². The normalized spacial score (nSPS) is 15.3. The van der Waals surface area contributed by atoms with Gasteiger partial charge in [-0.3, -0.25) is 9.36 Å². The number of pyridine rings is 2. The maximum Gasteiger partial charge on any atom is 0.280 e. The molecule has 3 aromatic heterocycles. The number of rotatable bonds is 0. The highest BCUT2D eigenvalue weighted by Gasteiger charge is 2.27. The van der Waals surface area contributed by atoms with Crippen LogP contribution in [0.25, 0.3) is 11.0 Å². The van der Waals surface area contributed by atoms with E-state index in [4.69, 9.17) is 0 Å². The molecule has 3 aromatic rings. The lowest BCUT2D eigenvalue weighted by molar-refractivity contribution is 0.240. The summed E-state index contributed by atoms with van der Waals surface area (Å²) in [5, 5.41) is 0. The highest BCUT2D eigenvalue weighted by molar-refractivity contribution is 5.74. The molecule has 0 aliphatic carbocycles. The van der Waals surface area contributed by atoms with Gasteiger partial charge in [0, 0.05) is 30.9 Å². The summed E-state index contributed by atoms with van der Waals surface area (Å²) < 4.78 is 1.78. The van der Waals surface area contributed by atoms with Crippen LogP contribution in [0.5, 0.6) is 0 Å². The van der Waals surface area contributed by atoms with Gasteiger partial charge >= 0.3 is 0 Å². The van der Waals surface area contributed by atoms with Gasteiger partial charge in [0.15, 0.2) is 5.52 Å². The Bertz CT molecular complexity index is 1070. The standard InChI is InChI=1S/C20H18N4O/c1-20(2)9-8-17-23-16-11-14(6-7-15-5-3-4-10-21-15)12-22-18(16)19(25)24(17)13-20/h3-5,10-12H,8-9,13H2,1-2H3. The molecule has 4 rings (SSSR count). The minimum absolute atomic E-state index is 0.0583. The fourth-order valence-corrected chi connectivity index (χ4v) is 3.10. The summed E-state index contributed by atoms with van der Waals surface area (Å²) in [6.07, 6.45) is 5.17. The second-order valence-electron chi connectivity index (χ2n) is 7.14. The molecular weight excluding hydrogens is 312 g/mol. The van der Waals surface area contributed by atoms with Crippen LogP contribution in [0.3, 0.4) is 0 Å². The minimum atomic E-state index is -0.0583. The molecule has 5 nitrogen and oxygen atoms in total. The van der Waals surface area contributed by atoms with Crippen LogP contribution >= 0.6 is 0 Å². The van der Waals surface area contributed by atoms with Crippen LogP contribution in [0.4, 0.5) is 0 Å². The summed E-state index contributed by atoms with van der Waals surface area (Å²) in [6.45, 7) is 5.04. The van der Waals surface area contributed by atoms with Crippen molar-refractivity contribution >= 4 is 11.0 Å². The fraction of sp³-hybridized carbons (Fsp3) is 0.300. The number of fused-ring (bicyclic) bond motifs is 2. The van der Waals surface area contributed by atoms with Crippen LogP contribution in [0, 0.1) is 17.3 Å². The lowest BCUT2D eigenvalue weighted by atomic mass is 9.85. The third-order valence-corrected chi connectivity index (χ3v) is 4.49. The second kappa shape index (κ2) is 5.82. The molecule has 0 saturated heterocycles. The van der Waals surface area contributed by atoms with E-state index in [9.17, 15) is 4.79 Å². The van der Waals surface area contributed by atoms with E-state index < -0.39 is 0 Å².